The number of thiophene rings is 1. The number of ether oxygens (including phenoxy) is 1. The molecule has 1 aliphatic heterocycles. The first-order valence-corrected chi connectivity index (χ1v) is 8.23. The van der Waals surface area contributed by atoms with Gasteiger partial charge in [0.2, 0.25) is 0 Å². The third-order valence-corrected chi connectivity index (χ3v) is 4.84. The van der Waals surface area contributed by atoms with E-state index in [0.29, 0.717) is 0 Å². The topological polar surface area (TPSA) is 21.3 Å². The fourth-order valence-electron chi connectivity index (χ4n) is 2.59. The molecule has 106 valence electrons. The lowest BCUT2D eigenvalue weighted by molar-refractivity contribution is 0.227. The van der Waals surface area contributed by atoms with Crippen LogP contribution in [-0.4, -0.2) is 12.6 Å². The zero-order valence-electron chi connectivity index (χ0n) is 11.5. The number of halogens is 1. The zero-order valence-corrected chi connectivity index (χ0v) is 13.1. The Labute approximate surface area is 128 Å². The first-order valence-electron chi connectivity index (χ1n) is 6.97. The summed E-state index contributed by atoms with van der Waals surface area (Å²) in [6.07, 6.45) is 2.26. The summed E-state index contributed by atoms with van der Waals surface area (Å²) in [6.45, 7) is 4.00. The third kappa shape index (κ3) is 3.00. The molecule has 1 atom stereocenters. The predicted molar refractivity (Wildman–Crippen MR) is 85.0 cm³/mol. The summed E-state index contributed by atoms with van der Waals surface area (Å²) in [7, 11) is 0. The number of rotatable bonds is 5. The van der Waals surface area contributed by atoms with Crippen LogP contribution < -0.4 is 10.1 Å². The van der Waals surface area contributed by atoms with E-state index in [-0.39, 0.29) is 6.10 Å². The molecule has 3 rings (SSSR count). The van der Waals surface area contributed by atoms with Gasteiger partial charge in [0.05, 0.1) is 0 Å². The van der Waals surface area contributed by atoms with Crippen LogP contribution in [0.1, 0.15) is 22.9 Å². The second-order valence-electron chi connectivity index (χ2n) is 5.05. The van der Waals surface area contributed by atoms with E-state index in [0.717, 1.165) is 36.7 Å². The molecule has 20 heavy (non-hydrogen) atoms. The van der Waals surface area contributed by atoms with Gasteiger partial charge in [-0.15, -0.1) is 11.3 Å². The van der Waals surface area contributed by atoms with Crippen LogP contribution in [-0.2, 0) is 19.4 Å². The molecule has 4 heteroatoms. The van der Waals surface area contributed by atoms with E-state index in [1.165, 1.54) is 16.0 Å². The summed E-state index contributed by atoms with van der Waals surface area (Å²) >= 11 is 7.83. The van der Waals surface area contributed by atoms with Gasteiger partial charge < -0.3 is 10.1 Å². The zero-order chi connectivity index (χ0) is 13.9. The van der Waals surface area contributed by atoms with E-state index in [2.05, 4.69) is 23.7 Å². The van der Waals surface area contributed by atoms with Gasteiger partial charge >= 0.3 is 0 Å². The summed E-state index contributed by atoms with van der Waals surface area (Å²) in [5, 5.41) is 6.46. The molecular formula is C16H18ClNOS. The molecule has 1 N–H and O–H groups in total. The summed E-state index contributed by atoms with van der Waals surface area (Å²) < 4.78 is 5.92. The van der Waals surface area contributed by atoms with Crippen LogP contribution in [0.5, 0.6) is 5.75 Å². The van der Waals surface area contributed by atoms with Crippen LogP contribution in [0.3, 0.4) is 0 Å². The van der Waals surface area contributed by atoms with Crippen molar-refractivity contribution in [2.75, 3.05) is 6.54 Å². The minimum atomic E-state index is 0.216. The Hall–Kier alpha value is -1.03. The maximum Gasteiger partial charge on any atom is 0.123 e. The minimum Gasteiger partial charge on any atom is -0.488 e. The van der Waals surface area contributed by atoms with Gasteiger partial charge in [0.25, 0.3) is 0 Å². The smallest absolute Gasteiger partial charge is 0.123 e. The Morgan fingerprint density at radius 2 is 2.30 bits per heavy atom. The monoisotopic (exact) mass is 307 g/mol. The SMILES string of the molecule is CCc1ccsc1CNCC1Cc2cc(Cl)ccc2O1. The first kappa shape index (κ1) is 13.9. The Morgan fingerprint density at radius 1 is 1.40 bits per heavy atom. The molecule has 1 aromatic carbocycles. The Morgan fingerprint density at radius 3 is 3.15 bits per heavy atom. The highest BCUT2D eigenvalue weighted by atomic mass is 35.5. The van der Waals surface area contributed by atoms with Crippen molar-refractivity contribution >= 4 is 22.9 Å². The minimum absolute atomic E-state index is 0.216. The van der Waals surface area contributed by atoms with E-state index in [1.807, 2.05) is 29.5 Å². The van der Waals surface area contributed by atoms with Crippen molar-refractivity contribution in [3.63, 3.8) is 0 Å². The second-order valence-corrected chi connectivity index (χ2v) is 6.49. The van der Waals surface area contributed by atoms with Gasteiger partial charge in [0, 0.05) is 29.4 Å². The van der Waals surface area contributed by atoms with Crippen molar-refractivity contribution < 1.29 is 4.74 Å². The molecule has 0 fully saturated rings. The Balaban J connectivity index is 1.51. The van der Waals surface area contributed by atoms with E-state index in [4.69, 9.17) is 16.3 Å². The molecule has 1 aliphatic rings. The average molecular weight is 308 g/mol. The number of fused-ring (bicyclic) bond motifs is 1. The predicted octanol–water partition coefficient (Wildman–Crippen LogP) is 4.06. The molecule has 0 saturated carbocycles. The lowest BCUT2D eigenvalue weighted by Gasteiger charge is -2.11. The normalized spacial score (nSPS) is 17.0. The molecule has 2 heterocycles. The number of aryl methyl sites for hydroxylation is 1. The highest BCUT2D eigenvalue weighted by molar-refractivity contribution is 7.10. The Bertz CT molecular complexity index is 596. The van der Waals surface area contributed by atoms with Crippen LogP contribution in [0.2, 0.25) is 5.02 Å². The molecule has 0 saturated heterocycles. The third-order valence-electron chi connectivity index (χ3n) is 3.64. The van der Waals surface area contributed by atoms with Gasteiger partial charge in [-0.3, -0.25) is 0 Å². The molecule has 2 nitrogen and oxygen atoms in total. The van der Waals surface area contributed by atoms with Crippen LogP contribution >= 0.6 is 22.9 Å². The van der Waals surface area contributed by atoms with Crippen LogP contribution in [0, 0.1) is 0 Å². The van der Waals surface area contributed by atoms with Crippen molar-refractivity contribution in [1.82, 2.24) is 5.32 Å². The van der Waals surface area contributed by atoms with E-state index in [9.17, 15) is 0 Å². The average Bonchev–Trinajstić information content (AvgIpc) is 3.04. The van der Waals surface area contributed by atoms with E-state index in [1.54, 1.807) is 0 Å². The lowest BCUT2D eigenvalue weighted by Crippen LogP contribution is -2.29. The highest BCUT2D eigenvalue weighted by Crippen LogP contribution is 2.30. The van der Waals surface area contributed by atoms with E-state index >= 15 is 0 Å². The number of benzene rings is 1. The van der Waals surface area contributed by atoms with Crippen molar-refractivity contribution in [1.29, 1.82) is 0 Å². The first-order chi connectivity index (χ1) is 9.76. The molecule has 2 aromatic rings. The number of hydrogen-bond acceptors (Lipinski definition) is 3. The van der Waals surface area contributed by atoms with Crippen molar-refractivity contribution in [2.24, 2.45) is 0 Å². The molecule has 0 aliphatic carbocycles. The van der Waals surface area contributed by atoms with Gasteiger partial charge in [0.15, 0.2) is 0 Å². The highest BCUT2D eigenvalue weighted by Gasteiger charge is 2.22. The summed E-state index contributed by atoms with van der Waals surface area (Å²) in [4.78, 5) is 1.44. The molecule has 0 radical (unpaired) electrons. The molecular weight excluding hydrogens is 290 g/mol. The molecule has 0 spiro atoms. The molecule has 0 amide bonds. The Kier molecular flexibility index (Phi) is 4.29. The van der Waals surface area contributed by atoms with Crippen molar-refractivity contribution in [3.8, 4) is 5.75 Å². The molecule has 1 unspecified atom stereocenters. The van der Waals surface area contributed by atoms with E-state index < -0.39 is 0 Å². The van der Waals surface area contributed by atoms with Crippen LogP contribution in [0.25, 0.3) is 0 Å². The maximum absolute atomic E-state index is 6.01. The van der Waals surface area contributed by atoms with Gasteiger partial charge in [-0.2, -0.15) is 0 Å². The summed E-state index contributed by atoms with van der Waals surface area (Å²) in [5.41, 5.74) is 2.67. The van der Waals surface area contributed by atoms with Crippen LogP contribution in [0.4, 0.5) is 0 Å². The summed E-state index contributed by atoms with van der Waals surface area (Å²) in [6, 6.07) is 8.07. The van der Waals surface area contributed by atoms with Gasteiger partial charge in [-0.25, -0.2) is 0 Å². The standard InChI is InChI=1S/C16H18ClNOS/c1-2-11-5-6-20-16(11)10-18-9-14-8-12-7-13(17)3-4-15(12)19-14/h3-7,14,18H,2,8-10H2,1H3. The quantitative estimate of drug-likeness (QED) is 0.899. The largest absolute Gasteiger partial charge is 0.488 e. The number of hydrogen-bond donors (Lipinski definition) is 1. The number of nitrogens with one attached hydrogen (secondary N) is 1. The molecule has 1 aromatic heterocycles. The van der Waals surface area contributed by atoms with Crippen molar-refractivity contribution in [3.05, 3.63) is 50.7 Å². The fourth-order valence-corrected chi connectivity index (χ4v) is 3.73. The van der Waals surface area contributed by atoms with Gasteiger partial charge in [-0.1, -0.05) is 18.5 Å². The lowest BCUT2D eigenvalue weighted by atomic mass is 10.1. The second kappa shape index (κ2) is 6.17. The van der Waals surface area contributed by atoms with Crippen LogP contribution in [0.15, 0.2) is 29.6 Å². The van der Waals surface area contributed by atoms with Gasteiger partial charge in [-0.05, 0) is 47.2 Å². The van der Waals surface area contributed by atoms with Crippen molar-refractivity contribution in [2.45, 2.75) is 32.4 Å². The maximum atomic E-state index is 6.01. The fraction of sp³-hybridized carbons (Fsp3) is 0.375. The summed E-state index contributed by atoms with van der Waals surface area (Å²) in [5.74, 6) is 0.978. The van der Waals surface area contributed by atoms with Gasteiger partial charge in [0.1, 0.15) is 11.9 Å². The molecule has 0 bridgehead atoms.